The Hall–Kier alpha value is -2.37. The minimum Gasteiger partial charge on any atom is -0.378 e. The second-order valence-corrected chi connectivity index (χ2v) is 5.17. The maximum atomic E-state index is 4.49. The predicted octanol–water partition coefficient (Wildman–Crippen LogP) is 2.66. The van der Waals surface area contributed by atoms with E-state index in [0.29, 0.717) is 12.6 Å². The number of aryl methyl sites for hydroxylation is 1. The number of H-pyrrole nitrogens is 1. The smallest absolute Gasteiger partial charge is 0.158 e. The van der Waals surface area contributed by atoms with Crippen LogP contribution in [0.3, 0.4) is 0 Å². The van der Waals surface area contributed by atoms with Gasteiger partial charge in [0.15, 0.2) is 5.65 Å². The van der Waals surface area contributed by atoms with Crippen molar-refractivity contribution in [1.29, 1.82) is 0 Å². The molecule has 0 bridgehead atoms. The monoisotopic (exact) mass is 270 g/mol. The van der Waals surface area contributed by atoms with Gasteiger partial charge in [-0.1, -0.05) is 0 Å². The summed E-state index contributed by atoms with van der Waals surface area (Å²) in [5, 5.41) is 8.75. The van der Waals surface area contributed by atoms with E-state index in [-0.39, 0.29) is 0 Å². The van der Waals surface area contributed by atoms with Crippen LogP contribution in [0.5, 0.6) is 0 Å². The average molecular weight is 270 g/mol. The van der Waals surface area contributed by atoms with Crippen molar-refractivity contribution in [1.82, 2.24) is 24.7 Å². The van der Waals surface area contributed by atoms with Gasteiger partial charge in [-0.3, -0.25) is 0 Å². The standard InChI is InChI=1S/C14H18N6/c1-9(2)20-14-11(5-18-20)4-12(6-17-14)16-8-13-7-15-10(3)19-13/h4-7,9,16H,8H2,1-3H3,(H,15,19). The molecule has 0 amide bonds. The number of hydrogen-bond acceptors (Lipinski definition) is 4. The molecular formula is C14H18N6. The van der Waals surface area contributed by atoms with Gasteiger partial charge in [0.05, 0.1) is 36.5 Å². The maximum Gasteiger partial charge on any atom is 0.158 e. The molecule has 104 valence electrons. The Morgan fingerprint density at radius 2 is 2.10 bits per heavy atom. The van der Waals surface area contributed by atoms with Crippen LogP contribution in [0.4, 0.5) is 5.69 Å². The third-order valence-corrected chi connectivity index (χ3v) is 3.16. The lowest BCUT2D eigenvalue weighted by molar-refractivity contribution is 0.546. The predicted molar refractivity (Wildman–Crippen MR) is 78.6 cm³/mol. The summed E-state index contributed by atoms with van der Waals surface area (Å²) in [7, 11) is 0. The van der Waals surface area contributed by atoms with Gasteiger partial charge in [-0.25, -0.2) is 14.6 Å². The van der Waals surface area contributed by atoms with Gasteiger partial charge in [-0.05, 0) is 26.8 Å². The molecule has 0 aliphatic heterocycles. The van der Waals surface area contributed by atoms with Crippen LogP contribution in [0.15, 0.2) is 24.7 Å². The molecule has 0 radical (unpaired) electrons. The van der Waals surface area contributed by atoms with Crippen molar-refractivity contribution in [3.63, 3.8) is 0 Å². The first-order valence-corrected chi connectivity index (χ1v) is 6.71. The molecular weight excluding hydrogens is 252 g/mol. The van der Waals surface area contributed by atoms with E-state index in [2.05, 4.69) is 45.3 Å². The average Bonchev–Trinajstić information content (AvgIpc) is 3.01. The van der Waals surface area contributed by atoms with E-state index in [0.717, 1.165) is 28.2 Å². The van der Waals surface area contributed by atoms with Gasteiger partial charge in [0.1, 0.15) is 5.82 Å². The molecule has 2 N–H and O–H groups in total. The fourth-order valence-corrected chi connectivity index (χ4v) is 2.17. The Morgan fingerprint density at radius 3 is 2.80 bits per heavy atom. The lowest BCUT2D eigenvalue weighted by atomic mass is 10.3. The first-order valence-electron chi connectivity index (χ1n) is 6.71. The summed E-state index contributed by atoms with van der Waals surface area (Å²) < 4.78 is 1.93. The van der Waals surface area contributed by atoms with Gasteiger partial charge < -0.3 is 10.3 Å². The highest BCUT2D eigenvalue weighted by molar-refractivity contribution is 5.78. The zero-order valence-corrected chi connectivity index (χ0v) is 11.9. The highest BCUT2D eigenvalue weighted by Gasteiger charge is 2.07. The van der Waals surface area contributed by atoms with E-state index in [9.17, 15) is 0 Å². The third kappa shape index (κ3) is 2.36. The Balaban J connectivity index is 1.79. The molecule has 3 aromatic rings. The van der Waals surface area contributed by atoms with Crippen LogP contribution in [-0.2, 0) is 6.54 Å². The van der Waals surface area contributed by atoms with E-state index in [1.54, 1.807) is 0 Å². The Labute approximate surface area is 117 Å². The number of nitrogens with one attached hydrogen (secondary N) is 2. The van der Waals surface area contributed by atoms with Gasteiger partial charge in [-0.15, -0.1) is 0 Å². The summed E-state index contributed by atoms with van der Waals surface area (Å²) in [5.74, 6) is 0.925. The molecule has 3 aromatic heterocycles. The Bertz CT molecular complexity index is 724. The highest BCUT2D eigenvalue weighted by Crippen LogP contribution is 2.19. The number of aromatic amines is 1. The summed E-state index contributed by atoms with van der Waals surface area (Å²) in [6.45, 7) is 6.84. The molecule has 20 heavy (non-hydrogen) atoms. The van der Waals surface area contributed by atoms with Crippen molar-refractivity contribution in [2.45, 2.75) is 33.4 Å². The summed E-state index contributed by atoms with van der Waals surface area (Å²) in [4.78, 5) is 11.9. The molecule has 0 spiro atoms. The summed E-state index contributed by atoms with van der Waals surface area (Å²) in [6.07, 6.45) is 5.53. The molecule has 0 saturated carbocycles. The van der Waals surface area contributed by atoms with E-state index in [1.165, 1.54) is 0 Å². The lowest BCUT2D eigenvalue weighted by Crippen LogP contribution is -2.04. The number of rotatable bonds is 4. The van der Waals surface area contributed by atoms with Crippen molar-refractivity contribution in [3.05, 3.63) is 36.2 Å². The summed E-state index contributed by atoms with van der Waals surface area (Å²) >= 11 is 0. The number of hydrogen-bond donors (Lipinski definition) is 2. The fourth-order valence-electron chi connectivity index (χ4n) is 2.17. The van der Waals surface area contributed by atoms with Crippen LogP contribution in [0.25, 0.3) is 11.0 Å². The van der Waals surface area contributed by atoms with Gasteiger partial charge >= 0.3 is 0 Å². The number of nitrogens with zero attached hydrogens (tertiary/aromatic N) is 4. The molecule has 6 nitrogen and oxygen atoms in total. The van der Waals surface area contributed by atoms with E-state index in [1.807, 2.05) is 30.2 Å². The number of fused-ring (bicyclic) bond motifs is 1. The van der Waals surface area contributed by atoms with Crippen molar-refractivity contribution >= 4 is 16.7 Å². The Kier molecular flexibility index (Phi) is 3.14. The molecule has 0 aromatic carbocycles. The van der Waals surface area contributed by atoms with Gasteiger partial charge in [0.25, 0.3) is 0 Å². The van der Waals surface area contributed by atoms with Crippen LogP contribution >= 0.6 is 0 Å². The third-order valence-electron chi connectivity index (χ3n) is 3.16. The first kappa shape index (κ1) is 12.7. The zero-order chi connectivity index (χ0) is 14.1. The molecule has 0 fully saturated rings. The molecule has 6 heteroatoms. The minimum absolute atomic E-state index is 0.312. The molecule has 0 atom stereocenters. The first-order chi connectivity index (χ1) is 9.63. The van der Waals surface area contributed by atoms with E-state index < -0.39 is 0 Å². The van der Waals surface area contributed by atoms with Crippen LogP contribution in [0.1, 0.15) is 31.4 Å². The van der Waals surface area contributed by atoms with Gasteiger partial charge in [0.2, 0.25) is 0 Å². The van der Waals surface area contributed by atoms with Crippen molar-refractivity contribution in [2.24, 2.45) is 0 Å². The minimum atomic E-state index is 0.312. The van der Waals surface area contributed by atoms with Crippen molar-refractivity contribution in [2.75, 3.05) is 5.32 Å². The zero-order valence-electron chi connectivity index (χ0n) is 11.9. The largest absolute Gasteiger partial charge is 0.378 e. The molecule has 0 unspecified atom stereocenters. The Morgan fingerprint density at radius 1 is 1.25 bits per heavy atom. The molecule has 0 aliphatic carbocycles. The number of imidazole rings is 1. The lowest BCUT2D eigenvalue weighted by Gasteiger charge is -2.07. The SMILES string of the molecule is Cc1ncc(CNc2cnc3c(cnn3C(C)C)c2)[nH]1. The van der Waals surface area contributed by atoms with Crippen molar-refractivity contribution in [3.8, 4) is 0 Å². The molecule has 3 heterocycles. The van der Waals surface area contributed by atoms with Gasteiger partial charge in [0, 0.05) is 11.4 Å². The normalized spacial score (nSPS) is 11.4. The van der Waals surface area contributed by atoms with E-state index in [4.69, 9.17) is 0 Å². The van der Waals surface area contributed by atoms with Crippen LogP contribution in [0, 0.1) is 6.92 Å². The second kappa shape index (κ2) is 4.96. The molecule has 3 rings (SSSR count). The molecule has 0 saturated heterocycles. The topological polar surface area (TPSA) is 71.4 Å². The highest BCUT2D eigenvalue weighted by atomic mass is 15.3. The summed E-state index contributed by atoms with van der Waals surface area (Å²) in [5.41, 5.74) is 2.96. The quantitative estimate of drug-likeness (QED) is 0.764. The van der Waals surface area contributed by atoms with Crippen LogP contribution in [-0.4, -0.2) is 24.7 Å². The number of pyridine rings is 1. The fraction of sp³-hybridized carbons (Fsp3) is 0.357. The second-order valence-electron chi connectivity index (χ2n) is 5.17. The van der Waals surface area contributed by atoms with Gasteiger partial charge in [-0.2, -0.15) is 5.10 Å². The van der Waals surface area contributed by atoms with Crippen LogP contribution in [0.2, 0.25) is 0 Å². The van der Waals surface area contributed by atoms with Crippen molar-refractivity contribution < 1.29 is 0 Å². The number of anilines is 1. The maximum absolute atomic E-state index is 4.49. The van der Waals surface area contributed by atoms with Crippen LogP contribution < -0.4 is 5.32 Å². The van der Waals surface area contributed by atoms with E-state index >= 15 is 0 Å². The summed E-state index contributed by atoms with van der Waals surface area (Å²) in [6, 6.07) is 2.38. The molecule has 0 aliphatic rings. The number of aromatic nitrogens is 5.